The van der Waals surface area contributed by atoms with Crippen molar-refractivity contribution in [2.45, 2.75) is 71.1 Å². The predicted molar refractivity (Wildman–Crippen MR) is 131 cm³/mol. The first-order chi connectivity index (χ1) is 15.9. The van der Waals surface area contributed by atoms with Crippen LogP contribution < -0.4 is 4.74 Å². The molecule has 34 heavy (non-hydrogen) atoms. The number of nitriles is 1. The number of hydrogen-bond acceptors (Lipinski definition) is 7. The number of nitrogens with zero attached hydrogens (tertiary/aromatic N) is 2. The van der Waals surface area contributed by atoms with Crippen LogP contribution in [-0.4, -0.2) is 35.2 Å². The highest BCUT2D eigenvalue weighted by Crippen LogP contribution is 2.55. The number of rotatable bonds is 4. The summed E-state index contributed by atoms with van der Waals surface area (Å²) in [5.74, 6) is -0.308. The van der Waals surface area contributed by atoms with Gasteiger partial charge in [-0.2, -0.15) is 5.26 Å². The van der Waals surface area contributed by atoms with E-state index in [-0.39, 0.29) is 33.9 Å². The molecule has 0 unspecified atom stereocenters. The zero-order valence-corrected chi connectivity index (χ0v) is 21.6. The maximum absolute atomic E-state index is 13.7. The first-order valence-electron chi connectivity index (χ1n) is 11.7. The van der Waals surface area contributed by atoms with Crippen molar-refractivity contribution in [1.29, 1.82) is 5.26 Å². The van der Waals surface area contributed by atoms with Crippen LogP contribution in [0.25, 0.3) is 0 Å². The van der Waals surface area contributed by atoms with Crippen LogP contribution in [0.3, 0.4) is 0 Å². The molecule has 1 N–H and O–H groups in total. The average Bonchev–Trinajstić information content (AvgIpc) is 2.72. The quantitative estimate of drug-likeness (QED) is 0.438. The molecule has 0 bridgehead atoms. The fourth-order valence-electron chi connectivity index (χ4n) is 5.81. The second-order valence-electron chi connectivity index (χ2n) is 11.0. The highest BCUT2D eigenvalue weighted by atomic mass is 32.2. The molecule has 0 atom stereocenters. The molecule has 0 saturated carbocycles. The van der Waals surface area contributed by atoms with Crippen molar-refractivity contribution in [3.05, 3.63) is 40.2 Å². The van der Waals surface area contributed by atoms with E-state index >= 15 is 0 Å². The molecule has 0 saturated heterocycles. The number of ether oxygens (including phenoxy) is 1. The Morgan fingerprint density at radius 2 is 1.59 bits per heavy atom. The Labute approximate surface area is 205 Å². The molecule has 3 aliphatic rings. The lowest BCUT2D eigenvalue weighted by molar-refractivity contribution is -0.119. The summed E-state index contributed by atoms with van der Waals surface area (Å²) in [6, 6.07) is 3.44. The molecule has 180 valence electrons. The Kier molecular flexibility index (Phi) is 6.10. The van der Waals surface area contributed by atoms with E-state index in [4.69, 9.17) is 4.74 Å². The number of Topliss-reactive ketones (excluding diaryl/α,β-unsaturated/α-hetero) is 2. The number of allylic oxidation sites excluding steroid dienone is 4. The average molecular weight is 481 g/mol. The smallest absolute Gasteiger partial charge is 0.172 e. The van der Waals surface area contributed by atoms with Crippen molar-refractivity contribution in [3.63, 3.8) is 0 Å². The number of hydrogen-bond donors (Lipinski definition) is 1. The Hall–Kier alpha value is -2.72. The standard InChI is InChI=1S/C27H32N2O4S/c1-7-29-16-10-26(2,3)12-18(30)23(16)22(24-17(29)11-27(4,5)13-19(24)31)15-8-20(33-6)25(32)21(9-15)34-14-28/h8-9,22,32H,7,10-13H2,1-6H3. The fraction of sp³-hybridized carbons (Fsp3) is 0.519. The van der Waals surface area contributed by atoms with Gasteiger partial charge in [0.15, 0.2) is 23.1 Å². The number of benzene rings is 1. The van der Waals surface area contributed by atoms with Crippen molar-refractivity contribution >= 4 is 23.3 Å². The molecule has 0 fully saturated rings. The minimum absolute atomic E-state index is 0.0559. The van der Waals surface area contributed by atoms with Crippen molar-refractivity contribution in [3.8, 4) is 16.9 Å². The highest BCUT2D eigenvalue weighted by molar-refractivity contribution is 8.03. The van der Waals surface area contributed by atoms with Gasteiger partial charge in [0.2, 0.25) is 0 Å². The van der Waals surface area contributed by atoms with Crippen LogP contribution in [0.2, 0.25) is 0 Å². The summed E-state index contributed by atoms with van der Waals surface area (Å²) in [5.41, 5.74) is 3.70. The summed E-state index contributed by atoms with van der Waals surface area (Å²) in [6.07, 6.45) is 2.33. The largest absolute Gasteiger partial charge is 0.503 e. The maximum atomic E-state index is 13.7. The monoisotopic (exact) mass is 480 g/mol. The molecular formula is C27H32N2O4S. The van der Waals surface area contributed by atoms with Crippen LogP contribution >= 0.6 is 11.8 Å². The first-order valence-corrected chi connectivity index (χ1v) is 12.5. The Bertz CT molecular complexity index is 1130. The maximum Gasteiger partial charge on any atom is 0.172 e. The molecule has 0 aromatic heterocycles. The van der Waals surface area contributed by atoms with E-state index in [0.717, 1.165) is 36.0 Å². The molecule has 0 spiro atoms. The second-order valence-corrected chi connectivity index (χ2v) is 11.9. The number of methoxy groups -OCH3 is 1. The normalized spacial score (nSPS) is 21.9. The van der Waals surface area contributed by atoms with Gasteiger partial charge < -0.3 is 14.7 Å². The lowest BCUT2D eigenvalue weighted by atomic mass is 9.63. The van der Waals surface area contributed by atoms with Gasteiger partial charge >= 0.3 is 0 Å². The SMILES string of the molecule is CCN1C2=C(C(=O)CC(C)(C)C2)C(c2cc(OC)c(O)c(SC#N)c2)C2=C1CC(C)(C)CC2=O. The van der Waals surface area contributed by atoms with Gasteiger partial charge in [0.05, 0.1) is 12.0 Å². The third-order valence-electron chi connectivity index (χ3n) is 7.11. The zero-order chi connectivity index (χ0) is 25.0. The van der Waals surface area contributed by atoms with Gasteiger partial charge in [-0.25, -0.2) is 0 Å². The number of ketones is 2. The summed E-state index contributed by atoms with van der Waals surface area (Å²) in [7, 11) is 1.46. The van der Waals surface area contributed by atoms with Gasteiger partial charge in [-0.3, -0.25) is 9.59 Å². The number of phenols is 1. The van der Waals surface area contributed by atoms with E-state index in [9.17, 15) is 20.0 Å². The molecule has 1 aliphatic heterocycles. The Morgan fingerprint density at radius 3 is 2.03 bits per heavy atom. The van der Waals surface area contributed by atoms with Crippen molar-refractivity contribution < 1.29 is 19.4 Å². The number of thioether (sulfide) groups is 1. The van der Waals surface area contributed by atoms with E-state index in [1.807, 2.05) is 5.40 Å². The molecular weight excluding hydrogens is 448 g/mol. The molecule has 6 nitrogen and oxygen atoms in total. The van der Waals surface area contributed by atoms with E-state index < -0.39 is 5.92 Å². The molecule has 1 aromatic rings. The molecule has 4 rings (SSSR count). The topological polar surface area (TPSA) is 90.6 Å². The van der Waals surface area contributed by atoms with E-state index in [1.54, 1.807) is 12.1 Å². The number of aromatic hydroxyl groups is 1. The van der Waals surface area contributed by atoms with Gasteiger partial charge in [-0.05, 0) is 60.1 Å². The Morgan fingerprint density at radius 1 is 1.06 bits per heavy atom. The van der Waals surface area contributed by atoms with Crippen molar-refractivity contribution in [1.82, 2.24) is 4.90 Å². The zero-order valence-electron chi connectivity index (χ0n) is 20.7. The van der Waals surface area contributed by atoms with E-state index in [0.29, 0.717) is 41.0 Å². The number of phenolic OH excluding ortho intramolecular Hbond substituents is 1. The van der Waals surface area contributed by atoms with Gasteiger partial charge in [0, 0.05) is 47.8 Å². The lowest BCUT2D eigenvalue weighted by Crippen LogP contribution is -2.44. The lowest BCUT2D eigenvalue weighted by Gasteiger charge is -2.49. The van der Waals surface area contributed by atoms with Crippen LogP contribution in [0.4, 0.5) is 0 Å². The highest BCUT2D eigenvalue weighted by Gasteiger charge is 2.48. The summed E-state index contributed by atoms with van der Waals surface area (Å²) in [5, 5.41) is 21.9. The van der Waals surface area contributed by atoms with Gasteiger partial charge in [0.1, 0.15) is 5.40 Å². The van der Waals surface area contributed by atoms with Gasteiger partial charge in [0.25, 0.3) is 0 Å². The minimum Gasteiger partial charge on any atom is -0.503 e. The van der Waals surface area contributed by atoms with Gasteiger partial charge in [-0.1, -0.05) is 27.7 Å². The third kappa shape index (κ3) is 4.02. The molecule has 1 aromatic carbocycles. The van der Waals surface area contributed by atoms with Crippen molar-refractivity contribution in [2.75, 3.05) is 13.7 Å². The van der Waals surface area contributed by atoms with E-state index in [1.165, 1.54) is 7.11 Å². The summed E-state index contributed by atoms with van der Waals surface area (Å²) in [4.78, 5) is 29.9. The minimum atomic E-state index is -0.535. The third-order valence-corrected chi connectivity index (χ3v) is 7.73. The summed E-state index contributed by atoms with van der Waals surface area (Å²) >= 11 is 0.838. The molecule has 0 amide bonds. The summed E-state index contributed by atoms with van der Waals surface area (Å²) in [6.45, 7) is 11.2. The van der Waals surface area contributed by atoms with Crippen molar-refractivity contribution in [2.24, 2.45) is 10.8 Å². The van der Waals surface area contributed by atoms with Crippen LogP contribution in [-0.2, 0) is 9.59 Å². The molecule has 7 heteroatoms. The molecule has 2 aliphatic carbocycles. The number of thiocyanates is 1. The Balaban J connectivity index is 2.04. The van der Waals surface area contributed by atoms with Gasteiger partial charge in [-0.15, -0.1) is 0 Å². The second kappa shape index (κ2) is 8.49. The fourth-order valence-corrected chi connectivity index (χ4v) is 6.31. The van der Waals surface area contributed by atoms with E-state index in [2.05, 4.69) is 39.5 Å². The predicted octanol–water partition coefficient (Wildman–Crippen LogP) is 5.68. The molecule has 1 heterocycles. The van der Waals surface area contributed by atoms with Crippen LogP contribution in [0, 0.1) is 21.5 Å². The first kappa shape index (κ1) is 24.4. The molecule has 0 radical (unpaired) electrons. The number of carbonyl (C=O) groups excluding carboxylic acids is 2. The summed E-state index contributed by atoms with van der Waals surface area (Å²) < 4.78 is 5.41. The van der Waals surface area contributed by atoms with Crippen LogP contribution in [0.15, 0.2) is 39.6 Å². The van der Waals surface area contributed by atoms with Crippen LogP contribution in [0.1, 0.15) is 71.8 Å². The number of carbonyl (C=O) groups is 2. The van der Waals surface area contributed by atoms with Crippen LogP contribution in [0.5, 0.6) is 11.5 Å².